The van der Waals surface area contributed by atoms with Crippen LogP contribution in [0.5, 0.6) is 0 Å². The van der Waals surface area contributed by atoms with E-state index in [1.807, 2.05) is 12.5 Å². The lowest BCUT2D eigenvalue weighted by molar-refractivity contribution is -0.128. The minimum absolute atomic E-state index is 0.161. The largest absolute Gasteiger partial charge is 0.349 e. The smallest absolute Gasteiger partial charge is 0.223 e. The summed E-state index contributed by atoms with van der Waals surface area (Å²) >= 11 is 0. The van der Waals surface area contributed by atoms with Crippen LogP contribution in [0.3, 0.4) is 0 Å². The molecule has 1 saturated heterocycles. The van der Waals surface area contributed by atoms with Crippen molar-refractivity contribution in [1.29, 1.82) is 0 Å². The van der Waals surface area contributed by atoms with Gasteiger partial charge in [0.25, 0.3) is 0 Å². The molecule has 1 amide bonds. The van der Waals surface area contributed by atoms with Gasteiger partial charge in [-0.1, -0.05) is 0 Å². The van der Waals surface area contributed by atoms with Crippen molar-refractivity contribution in [3.8, 4) is 0 Å². The maximum atomic E-state index is 11.6. The van der Waals surface area contributed by atoms with Gasteiger partial charge in [0.2, 0.25) is 5.91 Å². The molecule has 1 aromatic rings. The first-order valence-corrected chi connectivity index (χ1v) is 6.09. The zero-order valence-electron chi connectivity index (χ0n) is 10.5. The van der Waals surface area contributed by atoms with E-state index in [1.54, 1.807) is 19.0 Å². The van der Waals surface area contributed by atoms with Crippen LogP contribution in [0.4, 0.5) is 0 Å². The molecule has 1 aliphatic heterocycles. The Hall–Kier alpha value is -1.36. The van der Waals surface area contributed by atoms with Crippen LogP contribution < -0.4 is 5.32 Å². The standard InChI is InChI=1S/C12H20N4O/c1-15(2)12(17)4-6-16-9-14-8-11(16)10-3-5-13-7-10/h8-10,13H,3-7H2,1-2H3. The molecule has 0 spiro atoms. The van der Waals surface area contributed by atoms with Gasteiger partial charge in [-0.15, -0.1) is 0 Å². The molecular formula is C12H20N4O. The minimum atomic E-state index is 0.161. The Labute approximate surface area is 102 Å². The highest BCUT2D eigenvalue weighted by Gasteiger charge is 2.20. The molecule has 2 heterocycles. The van der Waals surface area contributed by atoms with Crippen molar-refractivity contribution in [3.63, 3.8) is 0 Å². The van der Waals surface area contributed by atoms with E-state index in [0.29, 0.717) is 12.3 Å². The van der Waals surface area contributed by atoms with E-state index in [0.717, 1.165) is 26.1 Å². The molecule has 1 aromatic heterocycles. The van der Waals surface area contributed by atoms with Crippen LogP contribution >= 0.6 is 0 Å². The first-order chi connectivity index (χ1) is 8.18. The molecule has 0 aliphatic carbocycles. The maximum absolute atomic E-state index is 11.6. The normalized spacial score (nSPS) is 19.5. The predicted octanol–water partition coefficient (Wildman–Crippen LogP) is 0.438. The summed E-state index contributed by atoms with van der Waals surface area (Å²) in [6.45, 7) is 2.82. The second-order valence-corrected chi connectivity index (χ2v) is 4.74. The number of nitrogens with zero attached hydrogens (tertiary/aromatic N) is 3. The average molecular weight is 236 g/mol. The summed E-state index contributed by atoms with van der Waals surface area (Å²) in [5.74, 6) is 0.709. The summed E-state index contributed by atoms with van der Waals surface area (Å²) < 4.78 is 2.11. The number of aromatic nitrogens is 2. The zero-order chi connectivity index (χ0) is 12.3. The van der Waals surface area contributed by atoms with Crippen LogP contribution in [-0.2, 0) is 11.3 Å². The van der Waals surface area contributed by atoms with Crippen LogP contribution in [0.15, 0.2) is 12.5 Å². The van der Waals surface area contributed by atoms with Crippen LogP contribution in [0.1, 0.15) is 24.5 Å². The lowest BCUT2D eigenvalue weighted by atomic mass is 10.1. The molecule has 1 aliphatic rings. The molecule has 1 N–H and O–H groups in total. The fourth-order valence-corrected chi connectivity index (χ4v) is 2.20. The van der Waals surface area contributed by atoms with Crippen LogP contribution in [-0.4, -0.2) is 47.5 Å². The summed E-state index contributed by atoms with van der Waals surface area (Å²) in [6.07, 6.45) is 5.46. The molecule has 1 fully saturated rings. The molecule has 94 valence electrons. The van der Waals surface area contributed by atoms with E-state index < -0.39 is 0 Å². The third kappa shape index (κ3) is 2.85. The van der Waals surface area contributed by atoms with E-state index >= 15 is 0 Å². The van der Waals surface area contributed by atoms with Gasteiger partial charge < -0.3 is 14.8 Å². The topological polar surface area (TPSA) is 50.2 Å². The Morgan fingerprint density at radius 1 is 1.65 bits per heavy atom. The lowest BCUT2D eigenvalue weighted by Crippen LogP contribution is -2.23. The summed E-state index contributed by atoms with van der Waals surface area (Å²) in [5.41, 5.74) is 1.25. The number of amides is 1. The summed E-state index contributed by atoms with van der Waals surface area (Å²) in [7, 11) is 3.58. The van der Waals surface area contributed by atoms with Crippen molar-refractivity contribution in [1.82, 2.24) is 19.8 Å². The van der Waals surface area contributed by atoms with E-state index in [-0.39, 0.29) is 5.91 Å². The molecule has 5 heteroatoms. The van der Waals surface area contributed by atoms with E-state index in [1.165, 1.54) is 5.69 Å². The number of hydrogen-bond acceptors (Lipinski definition) is 3. The Morgan fingerprint density at radius 2 is 2.47 bits per heavy atom. The van der Waals surface area contributed by atoms with Crippen LogP contribution in [0.25, 0.3) is 0 Å². The number of carbonyl (C=O) groups excluding carboxylic acids is 1. The first kappa shape index (κ1) is 12.1. The van der Waals surface area contributed by atoms with Gasteiger partial charge in [0, 0.05) is 51.4 Å². The van der Waals surface area contributed by atoms with Gasteiger partial charge >= 0.3 is 0 Å². The molecule has 0 bridgehead atoms. The number of carbonyl (C=O) groups is 1. The number of nitrogens with one attached hydrogen (secondary N) is 1. The molecule has 0 radical (unpaired) electrons. The molecule has 5 nitrogen and oxygen atoms in total. The van der Waals surface area contributed by atoms with Gasteiger partial charge in [-0.25, -0.2) is 4.98 Å². The molecule has 2 rings (SSSR count). The second kappa shape index (κ2) is 5.31. The first-order valence-electron chi connectivity index (χ1n) is 6.09. The Balaban J connectivity index is 1.96. The van der Waals surface area contributed by atoms with Crippen molar-refractivity contribution >= 4 is 5.91 Å². The van der Waals surface area contributed by atoms with Crippen molar-refractivity contribution < 1.29 is 4.79 Å². The Morgan fingerprint density at radius 3 is 3.12 bits per heavy atom. The van der Waals surface area contributed by atoms with Crippen LogP contribution in [0, 0.1) is 0 Å². The SMILES string of the molecule is CN(C)C(=O)CCn1cncc1C1CCNC1. The van der Waals surface area contributed by atoms with Crippen molar-refractivity contribution in [2.75, 3.05) is 27.2 Å². The number of aryl methyl sites for hydroxylation is 1. The minimum Gasteiger partial charge on any atom is -0.349 e. The van der Waals surface area contributed by atoms with Gasteiger partial charge in [0.1, 0.15) is 0 Å². The van der Waals surface area contributed by atoms with Gasteiger partial charge in [-0.05, 0) is 13.0 Å². The summed E-state index contributed by atoms with van der Waals surface area (Å²) in [5, 5.41) is 3.35. The fourth-order valence-electron chi connectivity index (χ4n) is 2.20. The number of hydrogen-bond donors (Lipinski definition) is 1. The summed E-state index contributed by atoms with van der Waals surface area (Å²) in [4.78, 5) is 17.4. The highest BCUT2D eigenvalue weighted by atomic mass is 16.2. The Kier molecular flexibility index (Phi) is 3.78. The van der Waals surface area contributed by atoms with Crippen LogP contribution in [0.2, 0.25) is 0 Å². The highest BCUT2D eigenvalue weighted by Crippen LogP contribution is 2.21. The highest BCUT2D eigenvalue weighted by molar-refractivity contribution is 5.75. The average Bonchev–Trinajstić information content (AvgIpc) is 2.95. The molecule has 1 atom stereocenters. The molecule has 0 aromatic carbocycles. The number of rotatable bonds is 4. The second-order valence-electron chi connectivity index (χ2n) is 4.74. The van der Waals surface area contributed by atoms with E-state index in [9.17, 15) is 4.79 Å². The quantitative estimate of drug-likeness (QED) is 0.825. The van der Waals surface area contributed by atoms with E-state index in [2.05, 4.69) is 14.9 Å². The van der Waals surface area contributed by atoms with Gasteiger partial charge in [-0.2, -0.15) is 0 Å². The third-order valence-corrected chi connectivity index (χ3v) is 3.29. The lowest BCUT2D eigenvalue weighted by Gasteiger charge is -2.14. The monoisotopic (exact) mass is 236 g/mol. The third-order valence-electron chi connectivity index (χ3n) is 3.29. The Bertz CT molecular complexity index is 380. The number of imidazole rings is 1. The van der Waals surface area contributed by atoms with Crippen molar-refractivity contribution in [3.05, 3.63) is 18.2 Å². The van der Waals surface area contributed by atoms with Gasteiger partial charge in [0.15, 0.2) is 0 Å². The van der Waals surface area contributed by atoms with Gasteiger partial charge in [0.05, 0.1) is 6.33 Å². The molecule has 17 heavy (non-hydrogen) atoms. The van der Waals surface area contributed by atoms with Gasteiger partial charge in [-0.3, -0.25) is 4.79 Å². The maximum Gasteiger partial charge on any atom is 0.223 e. The molecule has 1 unspecified atom stereocenters. The van der Waals surface area contributed by atoms with Crippen molar-refractivity contribution in [2.24, 2.45) is 0 Å². The summed E-state index contributed by atoms with van der Waals surface area (Å²) in [6, 6.07) is 0. The molecular weight excluding hydrogens is 216 g/mol. The van der Waals surface area contributed by atoms with Crippen molar-refractivity contribution in [2.45, 2.75) is 25.3 Å². The molecule has 0 saturated carbocycles. The van der Waals surface area contributed by atoms with E-state index in [4.69, 9.17) is 0 Å². The zero-order valence-corrected chi connectivity index (χ0v) is 10.5. The fraction of sp³-hybridized carbons (Fsp3) is 0.667. The predicted molar refractivity (Wildman–Crippen MR) is 65.8 cm³/mol.